The summed E-state index contributed by atoms with van der Waals surface area (Å²) in [5.41, 5.74) is 0. The summed E-state index contributed by atoms with van der Waals surface area (Å²) in [6.07, 6.45) is 61.2. The quantitative estimate of drug-likeness (QED) is 0.0272. The minimum atomic E-state index is -4.57. The first-order chi connectivity index (χ1) is 31.0. The molecular weight excluding hydrogens is 816 g/mol. The van der Waals surface area contributed by atoms with E-state index in [1.54, 1.807) is 6.08 Å². The number of hydrogen-bond donors (Lipinski definition) is 2. The van der Waals surface area contributed by atoms with Gasteiger partial charge in [0, 0.05) is 6.42 Å². The van der Waals surface area contributed by atoms with Crippen molar-refractivity contribution in [1.82, 2.24) is 5.32 Å². The fourth-order valence-corrected chi connectivity index (χ4v) is 8.47. The van der Waals surface area contributed by atoms with Crippen molar-refractivity contribution in [2.75, 3.05) is 40.9 Å². The van der Waals surface area contributed by atoms with Crippen molar-refractivity contribution in [1.29, 1.82) is 0 Å². The zero-order valence-corrected chi connectivity index (χ0v) is 43.6. The van der Waals surface area contributed by atoms with Crippen LogP contribution in [-0.2, 0) is 18.4 Å². The number of nitrogens with zero attached hydrogens (tertiary/aromatic N) is 1. The van der Waals surface area contributed by atoms with Gasteiger partial charge in [0.15, 0.2) is 0 Å². The second kappa shape index (κ2) is 46.6. The van der Waals surface area contributed by atoms with E-state index in [1.807, 2.05) is 27.2 Å². The summed E-state index contributed by atoms with van der Waals surface area (Å²) >= 11 is 0. The first kappa shape index (κ1) is 62.5. The third kappa shape index (κ3) is 48.4. The molecule has 0 spiro atoms. The highest BCUT2D eigenvalue weighted by Crippen LogP contribution is 2.38. The van der Waals surface area contributed by atoms with E-state index in [2.05, 4.69) is 55.6 Å². The van der Waals surface area contributed by atoms with Crippen LogP contribution in [0.1, 0.15) is 245 Å². The lowest BCUT2D eigenvalue weighted by Gasteiger charge is -2.29. The second-order valence-electron chi connectivity index (χ2n) is 19.6. The molecule has 0 aromatic heterocycles. The van der Waals surface area contributed by atoms with Crippen LogP contribution in [0.5, 0.6) is 0 Å². The number of nitrogens with one attached hydrogen (secondary N) is 1. The van der Waals surface area contributed by atoms with Crippen LogP contribution >= 0.6 is 7.82 Å². The number of phosphoric ester groups is 1. The molecule has 0 aliphatic carbocycles. The van der Waals surface area contributed by atoms with E-state index in [9.17, 15) is 19.4 Å². The molecule has 0 fully saturated rings. The Morgan fingerprint density at radius 2 is 0.906 bits per heavy atom. The van der Waals surface area contributed by atoms with Crippen LogP contribution in [0.25, 0.3) is 0 Å². The number of rotatable bonds is 49. The number of aliphatic hydroxyl groups is 1. The Labute approximate surface area is 397 Å². The van der Waals surface area contributed by atoms with Crippen LogP contribution < -0.4 is 10.2 Å². The van der Waals surface area contributed by atoms with Crippen LogP contribution in [0.4, 0.5) is 0 Å². The Hall–Kier alpha value is -1.54. The highest BCUT2D eigenvalue weighted by atomic mass is 31.2. The molecule has 0 aromatic rings. The Morgan fingerprint density at radius 1 is 0.547 bits per heavy atom. The molecule has 8 nitrogen and oxygen atoms in total. The molecule has 0 saturated carbocycles. The van der Waals surface area contributed by atoms with Gasteiger partial charge in [-0.3, -0.25) is 9.36 Å². The monoisotopic (exact) mass is 921 g/mol. The summed E-state index contributed by atoms with van der Waals surface area (Å²) in [6.45, 7) is 4.52. The number of unbranched alkanes of at least 4 members (excludes halogenated alkanes) is 30. The maximum absolute atomic E-state index is 12.8. The van der Waals surface area contributed by atoms with Gasteiger partial charge in [-0.1, -0.05) is 229 Å². The normalized spacial score (nSPS) is 14.4. The summed E-state index contributed by atoms with van der Waals surface area (Å²) in [5, 5.41) is 13.6. The predicted molar refractivity (Wildman–Crippen MR) is 274 cm³/mol. The topological polar surface area (TPSA) is 108 Å². The van der Waals surface area contributed by atoms with E-state index in [1.165, 1.54) is 167 Å². The fraction of sp³-hybridized carbons (Fsp3) is 0.836. The van der Waals surface area contributed by atoms with E-state index >= 15 is 0 Å². The van der Waals surface area contributed by atoms with Gasteiger partial charge in [0.05, 0.1) is 39.9 Å². The summed E-state index contributed by atoms with van der Waals surface area (Å²) in [7, 11) is 1.26. The van der Waals surface area contributed by atoms with Gasteiger partial charge in [0.1, 0.15) is 13.2 Å². The molecule has 3 unspecified atom stereocenters. The zero-order valence-electron chi connectivity index (χ0n) is 42.7. The van der Waals surface area contributed by atoms with Gasteiger partial charge in [-0.25, -0.2) is 0 Å². The summed E-state index contributed by atoms with van der Waals surface area (Å²) in [4.78, 5) is 25.1. The molecule has 0 aliphatic heterocycles. The third-order valence-electron chi connectivity index (χ3n) is 12.0. The van der Waals surface area contributed by atoms with Crippen molar-refractivity contribution < 1.29 is 32.9 Å². The van der Waals surface area contributed by atoms with Gasteiger partial charge in [0.25, 0.3) is 7.82 Å². The largest absolute Gasteiger partial charge is 0.756 e. The number of amides is 1. The van der Waals surface area contributed by atoms with Crippen LogP contribution in [0.2, 0.25) is 0 Å². The number of phosphoric acid groups is 1. The van der Waals surface area contributed by atoms with Crippen molar-refractivity contribution in [3.63, 3.8) is 0 Å². The maximum Gasteiger partial charge on any atom is 0.268 e. The second-order valence-corrected chi connectivity index (χ2v) is 21.0. The van der Waals surface area contributed by atoms with E-state index in [0.717, 1.165) is 57.8 Å². The molecule has 1 amide bonds. The van der Waals surface area contributed by atoms with Gasteiger partial charge in [-0.15, -0.1) is 0 Å². The molecule has 376 valence electrons. The van der Waals surface area contributed by atoms with Crippen molar-refractivity contribution in [2.24, 2.45) is 0 Å². The standard InChI is InChI=1S/C55H105N2O6P/c1-6-8-10-12-13-14-15-16-17-18-19-20-21-22-23-24-25-26-27-28-29-30-31-32-33-34-35-36-37-38-39-40-41-42-43-45-47-49-55(59)56-53(54(58)48-46-44-11-9-7-2)52-63-64(60,61)62-51-50-57(3,4)5/h15-16,18-19,21-22,46,48,53-54,58H,6-14,17,20,23-45,47,49-52H2,1-5H3,(H-,56,59,60,61)/b16-15-,19-18-,22-21-,48-46+. The molecule has 0 aromatic carbocycles. The predicted octanol–water partition coefficient (Wildman–Crippen LogP) is 15.3. The number of likely N-dealkylation sites (N-methyl/N-ethyl adjacent to an activating group) is 1. The molecule has 0 bridgehead atoms. The van der Waals surface area contributed by atoms with E-state index < -0.39 is 20.0 Å². The lowest BCUT2D eigenvalue weighted by atomic mass is 10.0. The molecule has 3 atom stereocenters. The molecule has 9 heteroatoms. The number of carbonyl (C=O) groups is 1. The van der Waals surface area contributed by atoms with Crippen LogP contribution in [0.3, 0.4) is 0 Å². The molecule has 0 aliphatic rings. The van der Waals surface area contributed by atoms with E-state index in [4.69, 9.17) is 9.05 Å². The third-order valence-corrected chi connectivity index (χ3v) is 13.0. The van der Waals surface area contributed by atoms with Crippen LogP contribution in [0, 0.1) is 0 Å². The van der Waals surface area contributed by atoms with E-state index in [-0.39, 0.29) is 19.1 Å². The van der Waals surface area contributed by atoms with Gasteiger partial charge >= 0.3 is 0 Å². The number of quaternary nitrogens is 1. The highest BCUT2D eigenvalue weighted by Gasteiger charge is 2.23. The minimum Gasteiger partial charge on any atom is -0.756 e. The first-order valence-corrected chi connectivity index (χ1v) is 28.5. The zero-order chi connectivity index (χ0) is 47.1. The Morgan fingerprint density at radius 3 is 1.34 bits per heavy atom. The lowest BCUT2D eigenvalue weighted by Crippen LogP contribution is -2.45. The number of aliphatic hydroxyl groups excluding tert-OH is 1. The van der Waals surface area contributed by atoms with Crippen LogP contribution in [-0.4, -0.2) is 68.5 Å². The lowest BCUT2D eigenvalue weighted by molar-refractivity contribution is -0.870. The Bertz CT molecular complexity index is 1180. The molecule has 2 N–H and O–H groups in total. The van der Waals surface area contributed by atoms with Crippen molar-refractivity contribution in [3.8, 4) is 0 Å². The number of carbonyl (C=O) groups excluding carboxylic acids is 1. The summed E-state index contributed by atoms with van der Waals surface area (Å²) in [6, 6.07) is -0.881. The smallest absolute Gasteiger partial charge is 0.268 e. The SMILES string of the molecule is CCCCC/C=C/C(O)C(COP(=O)([O-])OCC[N+](C)(C)C)NC(=O)CCCCCCCCCCCCCCCCCCCCCCCC/C=C\C/C=C\C/C=C\CCCCCCC. The average Bonchev–Trinajstić information content (AvgIpc) is 3.25. The Balaban J connectivity index is 3.73. The fourth-order valence-electron chi connectivity index (χ4n) is 7.75. The molecule has 0 radical (unpaired) electrons. The van der Waals surface area contributed by atoms with Crippen molar-refractivity contribution >= 4 is 13.7 Å². The van der Waals surface area contributed by atoms with Gasteiger partial charge in [0.2, 0.25) is 5.91 Å². The molecule has 0 rings (SSSR count). The van der Waals surface area contributed by atoms with E-state index in [0.29, 0.717) is 17.4 Å². The molecule has 0 heterocycles. The molecular formula is C55H105N2O6P. The average molecular weight is 921 g/mol. The van der Waals surface area contributed by atoms with Gasteiger partial charge < -0.3 is 28.8 Å². The molecule has 64 heavy (non-hydrogen) atoms. The first-order valence-electron chi connectivity index (χ1n) is 27.0. The maximum atomic E-state index is 12.8. The van der Waals surface area contributed by atoms with Crippen molar-refractivity contribution in [3.05, 3.63) is 48.6 Å². The summed E-state index contributed by atoms with van der Waals surface area (Å²) in [5.74, 6) is -0.203. The van der Waals surface area contributed by atoms with Gasteiger partial charge in [-0.2, -0.15) is 0 Å². The Kier molecular flexibility index (Phi) is 45.4. The molecule has 0 saturated heterocycles. The van der Waals surface area contributed by atoms with Crippen molar-refractivity contribution in [2.45, 2.75) is 257 Å². The number of hydrogen-bond acceptors (Lipinski definition) is 6. The minimum absolute atomic E-state index is 0.00133. The summed E-state index contributed by atoms with van der Waals surface area (Å²) < 4.78 is 23.0. The van der Waals surface area contributed by atoms with Gasteiger partial charge in [-0.05, 0) is 57.8 Å². The number of allylic oxidation sites excluding steroid dienone is 7. The van der Waals surface area contributed by atoms with Crippen LogP contribution in [0.15, 0.2) is 48.6 Å². The highest BCUT2D eigenvalue weighted by molar-refractivity contribution is 7.45.